The highest BCUT2D eigenvalue weighted by atomic mass is 32.2. The number of aromatic nitrogens is 2. The fourth-order valence-electron chi connectivity index (χ4n) is 1.95. The number of anilines is 2. The van der Waals surface area contributed by atoms with Crippen LogP contribution in [0.5, 0.6) is 5.75 Å². The number of nitrogens with zero attached hydrogens (tertiary/aromatic N) is 2. The Labute approximate surface area is 115 Å². The average Bonchev–Trinajstić information content (AvgIpc) is 2.93. The van der Waals surface area contributed by atoms with Crippen LogP contribution in [0.3, 0.4) is 0 Å². The third kappa shape index (κ3) is 2.15. The molecule has 0 bridgehead atoms. The molecule has 0 amide bonds. The third-order valence-electron chi connectivity index (χ3n) is 2.93. The number of nitrogens with one attached hydrogen (secondary N) is 2. The fourth-order valence-corrected chi connectivity index (χ4v) is 2.37. The molecule has 5 nitrogen and oxygen atoms in total. The van der Waals surface area contributed by atoms with Gasteiger partial charge in [-0.05, 0) is 30.5 Å². The number of benzene rings is 1. The van der Waals surface area contributed by atoms with E-state index < -0.39 is 0 Å². The van der Waals surface area contributed by atoms with Crippen molar-refractivity contribution in [2.24, 2.45) is 0 Å². The Hall–Kier alpha value is -2.08. The Morgan fingerprint density at radius 2 is 2.26 bits per heavy atom. The lowest BCUT2D eigenvalue weighted by molar-refractivity contribution is 0.414. The summed E-state index contributed by atoms with van der Waals surface area (Å²) in [7, 11) is 1.68. The zero-order chi connectivity index (χ0) is 13.2. The van der Waals surface area contributed by atoms with Gasteiger partial charge >= 0.3 is 0 Å². The summed E-state index contributed by atoms with van der Waals surface area (Å²) in [5.41, 5.74) is 5.14. The first-order valence-corrected chi connectivity index (χ1v) is 7.04. The van der Waals surface area contributed by atoms with Crippen molar-refractivity contribution in [1.82, 2.24) is 9.97 Å². The SMILES string of the molecule is COc1cc(SC)ccc1N1C=Cc2[nH]cnc2N1. The van der Waals surface area contributed by atoms with Gasteiger partial charge < -0.3 is 9.72 Å². The monoisotopic (exact) mass is 274 g/mol. The van der Waals surface area contributed by atoms with Gasteiger partial charge in [0.05, 0.1) is 19.1 Å². The number of fused-ring (bicyclic) bond motifs is 1. The standard InChI is InChI=1S/C13H14N4OS/c1-18-12-7-9(19-2)3-4-11(12)17-6-5-10-13(16-17)15-8-14-10/h3-8,16H,1-2H3,(H,14,15). The lowest BCUT2D eigenvalue weighted by atomic mass is 10.2. The first-order chi connectivity index (χ1) is 9.31. The highest BCUT2D eigenvalue weighted by Gasteiger charge is 2.16. The Balaban J connectivity index is 1.95. The highest BCUT2D eigenvalue weighted by Crippen LogP contribution is 2.34. The zero-order valence-corrected chi connectivity index (χ0v) is 11.5. The van der Waals surface area contributed by atoms with Gasteiger partial charge in [-0.1, -0.05) is 0 Å². The van der Waals surface area contributed by atoms with Crippen molar-refractivity contribution in [3.63, 3.8) is 0 Å². The van der Waals surface area contributed by atoms with E-state index in [1.165, 1.54) is 4.90 Å². The molecule has 0 fully saturated rings. The zero-order valence-electron chi connectivity index (χ0n) is 10.7. The van der Waals surface area contributed by atoms with Gasteiger partial charge in [0.15, 0.2) is 5.82 Å². The second-order valence-electron chi connectivity index (χ2n) is 4.00. The molecule has 0 aliphatic carbocycles. The average molecular weight is 274 g/mol. The number of rotatable bonds is 3. The van der Waals surface area contributed by atoms with E-state index in [1.54, 1.807) is 25.2 Å². The van der Waals surface area contributed by atoms with Crippen molar-refractivity contribution in [2.75, 3.05) is 23.8 Å². The summed E-state index contributed by atoms with van der Waals surface area (Å²) in [6.45, 7) is 0. The highest BCUT2D eigenvalue weighted by molar-refractivity contribution is 7.98. The van der Waals surface area contributed by atoms with Crippen molar-refractivity contribution in [3.8, 4) is 5.75 Å². The number of thioether (sulfide) groups is 1. The van der Waals surface area contributed by atoms with Crippen LogP contribution in [0.4, 0.5) is 11.5 Å². The summed E-state index contributed by atoms with van der Waals surface area (Å²) in [6.07, 6.45) is 7.63. The van der Waals surface area contributed by atoms with E-state index in [0.29, 0.717) is 0 Å². The van der Waals surface area contributed by atoms with E-state index in [4.69, 9.17) is 4.74 Å². The molecule has 0 spiro atoms. The first-order valence-electron chi connectivity index (χ1n) is 5.81. The van der Waals surface area contributed by atoms with Gasteiger partial charge in [-0.2, -0.15) is 0 Å². The number of ether oxygens (including phenoxy) is 1. The number of methoxy groups -OCH3 is 1. The van der Waals surface area contributed by atoms with E-state index in [9.17, 15) is 0 Å². The van der Waals surface area contributed by atoms with Crippen LogP contribution in [0.1, 0.15) is 5.69 Å². The van der Waals surface area contributed by atoms with Gasteiger partial charge in [0.25, 0.3) is 0 Å². The van der Waals surface area contributed by atoms with Gasteiger partial charge in [-0.25, -0.2) is 4.98 Å². The lowest BCUT2D eigenvalue weighted by Gasteiger charge is -2.26. The number of hydrazine groups is 1. The van der Waals surface area contributed by atoms with Crippen molar-refractivity contribution in [2.45, 2.75) is 4.90 Å². The maximum Gasteiger partial charge on any atom is 0.170 e. The minimum atomic E-state index is 0.804. The van der Waals surface area contributed by atoms with Crippen LogP contribution in [0.25, 0.3) is 6.08 Å². The quantitative estimate of drug-likeness (QED) is 0.843. The van der Waals surface area contributed by atoms with Gasteiger partial charge in [0.2, 0.25) is 0 Å². The van der Waals surface area contributed by atoms with Crippen molar-refractivity contribution in [3.05, 3.63) is 36.4 Å². The summed E-state index contributed by atoms with van der Waals surface area (Å²) >= 11 is 1.69. The first kappa shape index (κ1) is 12.0. The second kappa shape index (κ2) is 4.89. The van der Waals surface area contributed by atoms with Crippen LogP contribution >= 0.6 is 11.8 Å². The number of H-pyrrole nitrogens is 1. The Bertz CT molecular complexity index is 623. The van der Waals surface area contributed by atoms with E-state index in [2.05, 4.69) is 21.5 Å². The molecule has 19 heavy (non-hydrogen) atoms. The van der Waals surface area contributed by atoms with E-state index in [1.807, 2.05) is 35.7 Å². The molecule has 0 atom stereocenters. The predicted molar refractivity (Wildman–Crippen MR) is 78.5 cm³/mol. The molecule has 1 aromatic carbocycles. The van der Waals surface area contributed by atoms with Gasteiger partial charge in [-0.3, -0.25) is 10.4 Å². The molecular formula is C13H14N4OS. The normalized spacial score (nSPS) is 13.1. The molecule has 1 aliphatic rings. The molecule has 2 aromatic rings. The molecule has 1 aliphatic heterocycles. The Kier molecular flexibility index (Phi) is 3.08. The van der Waals surface area contributed by atoms with E-state index in [-0.39, 0.29) is 0 Å². The number of aromatic amines is 1. The minimum Gasteiger partial charge on any atom is -0.494 e. The third-order valence-corrected chi connectivity index (χ3v) is 3.66. The molecule has 2 N–H and O–H groups in total. The molecule has 0 radical (unpaired) electrons. The summed E-state index contributed by atoms with van der Waals surface area (Å²) in [5, 5.41) is 1.89. The molecule has 98 valence electrons. The largest absolute Gasteiger partial charge is 0.494 e. The van der Waals surface area contributed by atoms with E-state index >= 15 is 0 Å². The Morgan fingerprint density at radius 1 is 1.37 bits per heavy atom. The van der Waals surface area contributed by atoms with Gasteiger partial charge in [0, 0.05) is 11.1 Å². The smallest absolute Gasteiger partial charge is 0.170 e. The minimum absolute atomic E-state index is 0.804. The molecule has 6 heteroatoms. The lowest BCUT2D eigenvalue weighted by Crippen LogP contribution is -2.26. The molecule has 2 heterocycles. The molecule has 1 aromatic heterocycles. The molecule has 0 saturated carbocycles. The summed E-state index contributed by atoms with van der Waals surface area (Å²) in [4.78, 5) is 8.44. The second-order valence-corrected chi connectivity index (χ2v) is 4.88. The molecule has 3 rings (SSSR count). The molecular weight excluding hydrogens is 260 g/mol. The van der Waals surface area contributed by atoms with Crippen LogP contribution in [0, 0.1) is 0 Å². The summed E-state index contributed by atoms with van der Waals surface area (Å²) < 4.78 is 5.45. The maximum absolute atomic E-state index is 5.45. The van der Waals surface area contributed by atoms with Crippen LogP contribution in [0.15, 0.2) is 35.6 Å². The Morgan fingerprint density at radius 3 is 3.05 bits per heavy atom. The van der Waals surface area contributed by atoms with Crippen LogP contribution in [-0.2, 0) is 0 Å². The summed E-state index contributed by atoms with van der Waals surface area (Å²) in [6, 6.07) is 6.12. The predicted octanol–water partition coefficient (Wildman–Crippen LogP) is 2.96. The fraction of sp³-hybridized carbons (Fsp3) is 0.154. The number of imidazole rings is 1. The molecule has 0 unspecified atom stereocenters. The van der Waals surface area contributed by atoms with Crippen molar-refractivity contribution >= 4 is 29.3 Å². The van der Waals surface area contributed by atoms with Crippen LogP contribution < -0.4 is 15.2 Å². The maximum atomic E-state index is 5.45. The van der Waals surface area contributed by atoms with Gasteiger partial charge in [-0.15, -0.1) is 11.8 Å². The van der Waals surface area contributed by atoms with Crippen molar-refractivity contribution in [1.29, 1.82) is 0 Å². The van der Waals surface area contributed by atoms with Crippen LogP contribution in [0.2, 0.25) is 0 Å². The van der Waals surface area contributed by atoms with E-state index in [0.717, 1.165) is 22.9 Å². The number of hydrogen-bond acceptors (Lipinski definition) is 5. The van der Waals surface area contributed by atoms with Crippen molar-refractivity contribution < 1.29 is 4.74 Å². The molecule has 0 saturated heterocycles. The van der Waals surface area contributed by atoms with Crippen LogP contribution in [-0.4, -0.2) is 23.3 Å². The number of hydrogen-bond donors (Lipinski definition) is 2. The topological polar surface area (TPSA) is 53.2 Å². The van der Waals surface area contributed by atoms with Gasteiger partial charge in [0.1, 0.15) is 11.4 Å². The summed E-state index contributed by atoms with van der Waals surface area (Å²) in [5.74, 6) is 1.63.